The van der Waals surface area contributed by atoms with Crippen LogP contribution in [-0.2, 0) is 0 Å². The highest BCUT2D eigenvalue weighted by molar-refractivity contribution is 6.00. The van der Waals surface area contributed by atoms with Crippen molar-refractivity contribution in [3.63, 3.8) is 0 Å². The quantitative estimate of drug-likeness (QED) is 0.432. The number of nitrogens with zero attached hydrogens (tertiary/aromatic N) is 1. The number of rotatable bonds is 3. The van der Waals surface area contributed by atoms with Crippen molar-refractivity contribution in [3.8, 4) is 0 Å². The first-order chi connectivity index (χ1) is 5.26. The largest absolute Gasteiger partial charge is 0.293 e. The highest BCUT2D eigenvalue weighted by Crippen LogP contribution is 1.99. The van der Waals surface area contributed by atoms with E-state index in [1.807, 2.05) is 32.1 Å². The van der Waals surface area contributed by atoms with Crippen LogP contribution in [0.15, 0.2) is 41.4 Å². The molecule has 60 valence electrons. The zero-order valence-electron chi connectivity index (χ0n) is 7.46. The predicted octanol–water partition coefficient (Wildman–Crippen LogP) is 2.77. The Hall–Kier alpha value is -1.11. The third-order valence-corrected chi connectivity index (χ3v) is 1.48. The van der Waals surface area contributed by atoms with Gasteiger partial charge in [0.2, 0.25) is 0 Å². The average molecular weight is 149 g/mol. The fraction of sp³-hybridized carbons (Fsp3) is 0.300. The van der Waals surface area contributed by atoms with E-state index in [9.17, 15) is 0 Å². The standard InChI is InChI=1S/C10H15N/c1-5-7-8-10(6-2)9(3)11-4/h5-8H,1H2,2-4H3/b8-7-,10-6+,11-9?. The highest BCUT2D eigenvalue weighted by atomic mass is 14.7. The molecule has 1 heteroatoms. The van der Waals surface area contributed by atoms with Crippen LogP contribution in [0.4, 0.5) is 0 Å². The van der Waals surface area contributed by atoms with E-state index >= 15 is 0 Å². The Balaban J connectivity index is 4.44. The number of hydrogen-bond acceptors (Lipinski definition) is 1. The lowest BCUT2D eigenvalue weighted by molar-refractivity contribution is 1.41. The van der Waals surface area contributed by atoms with E-state index in [1.54, 1.807) is 13.1 Å². The van der Waals surface area contributed by atoms with Crippen molar-refractivity contribution in [1.82, 2.24) is 0 Å². The van der Waals surface area contributed by atoms with E-state index in [0.29, 0.717) is 0 Å². The Morgan fingerprint density at radius 2 is 2.09 bits per heavy atom. The van der Waals surface area contributed by atoms with Gasteiger partial charge < -0.3 is 0 Å². The van der Waals surface area contributed by atoms with Crippen LogP contribution < -0.4 is 0 Å². The Morgan fingerprint density at radius 3 is 2.45 bits per heavy atom. The van der Waals surface area contributed by atoms with Crippen LogP contribution in [0, 0.1) is 0 Å². The molecular weight excluding hydrogens is 134 g/mol. The maximum Gasteiger partial charge on any atom is 0.0382 e. The Morgan fingerprint density at radius 1 is 1.45 bits per heavy atom. The van der Waals surface area contributed by atoms with Crippen molar-refractivity contribution in [2.24, 2.45) is 4.99 Å². The van der Waals surface area contributed by atoms with E-state index in [2.05, 4.69) is 11.6 Å². The summed E-state index contributed by atoms with van der Waals surface area (Å²) in [5.41, 5.74) is 2.19. The molecule has 0 aliphatic heterocycles. The lowest BCUT2D eigenvalue weighted by Gasteiger charge is -1.97. The van der Waals surface area contributed by atoms with Crippen molar-refractivity contribution in [3.05, 3.63) is 36.5 Å². The predicted molar refractivity (Wildman–Crippen MR) is 52.1 cm³/mol. The van der Waals surface area contributed by atoms with Crippen molar-refractivity contribution < 1.29 is 0 Å². The SMILES string of the molecule is C=C/C=C\C(=C/C)C(C)=NC. The van der Waals surface area contributed by atoms with Gasteiger partial charge in [0.25, 0.3) is 0 Å². The van der Waals surface area contributed by atoms with Gasteiger partial charge in [0.1, 0.15) is 0 Å². The molecule has 0 spiro atoms. The molecule has 0 N–H and O–H groups in total. The summed E-state index contributed by atoms with van der Waals surface area (Å²) in [6.45, 7) is 7.58. The maximum absolute atomic E-state index is 4.08. The van der Waals surface area contributed by atoms with Gasteiger partial charge in [-0.1, -0.05) is 30.9 Å². The normalized spacial score (nSPS) is 14.1. The highest BCUT2D eigenvalue weighted by Gasteiger charge is 1.91. The molecular formula is C10H15N. The van der Waals surface area contributed by atoms with Gasteiger partial charge in [0, 0.05) is 12.8 Å². The van der Waals surface area contributed by atoms with Gasteiger partial charge in [-0.15, -0.1) is 0 Å². The molecule has 0 aliphatic carbocycles. The summed E-state index contributed by atoms with van der Waals surface area (Å²) >= 11 is 0. The summed E-state index contributed by atoms with van der Waals surface area (Å²) in [6.07, 6.45) is 7.69. The van der Waals surface area contributed by atoms with Crippen LogP contribution >= 0.6 is 0 Å². The fourth-order valence-corrected chi connectivity index (χ4v) is 0.727. The summed E-state index contributed by atoms with van der Waals surface area (Å²) in [5, 5.41) is 0. The molecule has 1 nitrogen and oxygen atoms in total. The van der Waals surface area contributed by atoms with Crippen molar-refractivity contribution in [2.75, 3.05) is 7.05 Å². The minimum Gasteiger partial charge on any atom is -0.293 e. The summed E-state index contributed by atoms with van der Waals surface area (Å²) in [4.78, 5) is 4.08. The second kappa shape index (κ2) is 5.66. The summed E-state index contributed by atoms with van der Waals surface area (Å²) in [5.74, 6) is 0. The first kappa shape index (κ1) is 9.89. The van der Waals surface area contributed by atoms with Gasteiger partial charge in [0.15, 0.2) is 0 Å². The molecule has 0 rings (SSSR count). The number of allylic oxidation sites excluding steroid dienone is 5. The zero-order valence-corrected chi connectivity index (χ0v) is 7.46. The second-order valence-electron chi connectivity index (χ2n) is 2.15. The van der Waals surface area contributed by atoms with Crippen LogP contribution in [0.1, 0.15) is 13.8 Å². The maximum atomic E-state index is 4.08. The number of hydrogen-bond donors (Lipinski definition) is 0. The fourth-order valence-electron chi connectivity index (χ4n) is 0.727. The molecule has 0 aromatic rings. The van der Waals surface area contributed by atoms with Crippen molar-refractivity contribution >= 4 is 5.71 Å². The van der Waals surface area contributed by atoms with Gasteiger partial charge in [-0.25, -0.2) is 0 Å². The average Bonchev–Trinajstić information content (AvgIpc) is 2.05. The summed E-state index contributed by atoms with van der Waals surface area (Å²) < 4.78 is 0. The monoisotopic (exact) mass is 149 g/mol. The lowest BCUT2D eigenvalue weighted by atomic mass is 10.1. The molecule has 0 aromatic heterocycles. The molecule has 0 saturated heterocycles. The molecule has 0 unspecified atom stereocenters. The summed E-state index contributed by atoms with van der Waals surface area (Å²) in [6, 6.07) is 0. The molecule has 11 heavy (non-hydrogen) atoms. The second-order valence-corrected chi connectivity index (χ2v) is 2.15. The van der Waals surface area contributed by atoms with Gasteiger partial charge in [0.05, 0.1) is 0 Å². The smallest absolute Gasteiger partial charge is 0.0382 e. The molecule has 0 amide bonds. The first-order valence-corrected chi connectivity index (χ1v) is 3.65. The van der Waals surface area contributed by atoms with Gasteiger partial charge >= 0.3 is 0 Å². The minimum absolute atomic E-state index is 1.05. The van der Waals surface area contributed by atoms with Crippen LogP contribution in [0.5, 0.6) is 0 Å². The van der Waals surface area contributed by atoms with Crippen LogP contribution in [0.3, 0.4) is 0 Å². The first-order valence-electron chi connectivity index (χ1n) is 3.65. The van der Waals surface area contributed by atoms with Gasteiger partial charge in [-0.05, 0) is 19.4 Å². The van der Waals surface area contributed by atoms with E-state index < -0.39 is 0 Å². The zero-order chi connectivity index (χ0) is 8.69. The molecule has 0 aliphatic rings. The Kier molecular flexibility index (Phi) is 5.09. The molecule has 0 fully saturated rings. The molecule has 0 radical (unpaired) electrons. The molecule has 0 saturated carbocycles. The van der Waals surface area contributed by atoms with Crippen molar-refractivity contribution in [2.45, 2.75) is 13.8 Å². The minimum atomic E-state index is 1.05. The molecule has 0 bridgehead atoms. The third-order valence-electron chi connectivity index (χ3n) is 1.48. The Bertz CT molecular complexity index is 207. The molecule has 0 heterocycles. The third kappa shape index (κ3) is 3.56. The van der Waals surface area contributed by atoms with Gasteiger partial charge in [-0.2, -0.15) is 0 Å². The van der Waals surface area contributed by atoms with E-state index in [-0.39, 0.29) is 0 Å². The van der Waals surface area contributed by atoms with Gasteiger partial charge in [-0.3, -0.25) is 4.99 Å². The van der Waals surface area contributed by atoms with E-state index in [4.69, 9.17) is 0 Å². The van der Waals surface area contributed by atoms with E-state index in [0.717, 1.165) is 11.3 Å². The summed E-state index contributed by atoms with van der Waals surface area (Å²) in [7, 11) is 1.79. The van der Waals surface area contributed by atoms with Crippen LogP contribution in [-0.4, -0.2) is 12.8 Å². The topological polar surface area (TPSA) is 12.4 Å². The van der Waals surface area contributed by atoms with E-state index in [1.165, 1.54) is 0 Å². The van der Waals surface area contributed by atoms with Crippen LogP contribution in [0.2, 0.25) is 0 Å². The lowest BCUT2D eigenvalue weighted by Crippen LogP contribution is -1.92. The Labute approximate surface area is 68.9 Å². The van der Waals surface area contributed by atoms with Crippen molar-refractivity contribution in [1.29, 1.82) is 0 Å². The molecule has 0 aromatic carbocycles. The number of aliphatic imine (C=N–C) groups is 1. The van der Waals surface area contributed by atoms with Crippen LogP contribution in [0.25, 0.3) is 0 Å². The molecule has 0 atom stereocenters.